The summed E-state index contributed by atoms with van der Waals surface area (Å²) >= 11 is 0. The number of unbranched alkanes of at least 4 members (excludes halogenated alkanes) is 1. The van der Waals surface area contributed by atoms with Gasteiger partial charge in [0.2, 0.25) is 0 Å². The van der Waals surface area contributed by atoms with Crippen LogP contribution in [0.15, 0.2) is 131 Å². The fourth-order valence-electron chi connectivity index (χ4n) is 15.3. The van der Waals surface area contributed by atoms with Crippen molar-refractivity contribution in [1.29, 1.82) is 0 Å². The molecule has 31 atom stereocenters. The van der Waals surface area contributed by atoms with Crippen molar-refractivity contribution in [2.75, 3.05) is 74.2 Å². The number of phosphoric ester groups is 6. The van der Waals surface area contributed by atoms with Crippen LogP contribution >= 0.6 is 46.9 Å². The van der Waals surface area contributed by atoms with E-state index in [4.69, 9.17) is 102 Å². The van der Waals surface area contributed by atoms with Crippen LogP contribution in [0.4, 0.5) is 0 Å². The van der Waals surface area contributed by atoms with E-state index in [2.05, 4.69) is 11.8 Å². The molecule has 12 heterocycles. The van der Waals surface area contributed by atoms with Crippen molar-refractivity contribution in [3.63, 3.8) is 0 Å². The molecule has 68 heteroatoms. The van der Waals surface area contributed by atoms with E-state index in [1.54, 1.807) is 0 Å². The van der Waals surface area contributed by atoms with E-state index in [1.165, 1.54) is 0 Å². The molecule has 0 bridgehead atoms. The van der Waals surface area contributed by atoms with Crippen LogP contribution in [0.1, 0.15) is 82.3 Å². The van der Waals surface area contributed by atoms with Crippen LogP contribution < -0.4 is 67.5 Å². The van der Waals surface area contributed by atoms with E-state index in [1.807, 2.05) is 29.9 Å². The summed E-state index contributed by atoms with van der Waals surface area (Å²) in [5.41, 5.74) is -13.1. The predicted octanol–water partition coefficient (Wildman–Crippen LogP) is -6.06. The van der Waals surface area contributed by atoms with Gasteiger partial charge in [-0.25, -0.2) is 56.2 Å². The van der Waals surface area contributed by atoms with Crippen molar-refractivity contribution >= 4 is 46.9 Å². The van der Waals surface area contributed by atoms with Crippen LogP contribution in [0.2, 0.25) is 0 Å². The second kappa shape index (κ2) is 44.9. The maximum absolute atomic E-state index is 14.6. The van der Waals surface area contributed by atoms with Gasteiger partial charge in [-0.3, -0.25) is 140 Å². The number of hydrogen-bond donors (Lipinski definition) is 16. The van der Waals surface area contributed by atoms with Crippen LogP contribution in [-0.4, -0.2) is 297 Å². The van der Waals surface area contributed by atoms with Gasteiger partial charge in [0.15, 0.2) is 37.4 Å². The fraction of sp³-hybridized carbons (Fsp3) is 0.623. The zero-order valence-corrected chi connectivity index (χ0v) is 76.5. The van der Waals surface area contributed by atoms with Crippen LogP contribution in [0, 0.1) is 11.8 Å². The number of nitrogens with zero attached hydrogens (tertiary/aromatic N) is 6. The Labute approximate surface area is 763 Å². The topological polar surface area (TPSA) is 837 Å². The van der Waals surface area contributed by atoms with Gasteiger partial charge in [0.05, 0.1) is 46.2 Å². The molecule has 758 valence electrons. The largest absolute Gasteiger partial charge is 0.472 e. The van der Waals surface area contributed by atoms with Crippen LogP contribution in [0.3, 0.4) is 0 Å². The summed E-state index contributed by atoms with van der Waals surface area (Å²) < 4.78 is 210. The first kappa shape index (κ1) is 106. The first-order valence-corrected chi connectivity index (χ1v) is 49.8. The molecule has 6 aromatic rings. The Balaban J connectivity index is 0.708. The van der Waals surface area contributed by atoms with Gasteiger partial charge in [0.25, 0.3) is 33.4 Å². The molecule has 1 aliphatic carbocycles. The van der Waals surface area contributed by atoms with Gasteiger partial charge >= 0.3 is 81.1 Å². The lowest BCUT2D eigenvalue weighted by atomic mass is 10.1. The van der Waals surface area contributed by atoms with E-state index in [-0.39, 0.29) is 25.7 Å². The highest BCUT2D eigenvalue weighted by Gasteiger charge is 2.59. The molecule has 6 saturated heterocycles. The van der Waals surface area contributed by atoms with Gasteiger partial charge in [-0.05, 0) is 32.1 Å². The third-order valence-corrected chi connectivity index (χ3v) is 27.6. The molecule has 0 amide bonds. The van der Waals surface area contributed by atoms with E-state index in [0.29, 0.717) is 29.3 Å². The number of hydrogen-bond acceptors (Lipinski definition) is 44. The number of methoxy groups -OCH3 is 3. The molecule has 6 aliphatic heterocycles. The van der Waals surface area contributed by atoms with Gasteiger partial charge < -0.3 is 97.2 Å². The van der Waals surface area contributed by atoms with Gasteiger partial charge in [-0.2, -0.15) is 0 Å². The van der Waals surface area contributed by atoms with Crippen molar-refractivity contribution in [3.05, 3.63) is 199 Å². The molecule has 0 spiro atoms. The number of aliphatic hydroxyl groups is 4. The summed E-state index contributed by atoms with van der Waals surface area (Å²) in [7, 11) is -31.8. The summed E-state index contributed by atoms with van der Waals surface area (Å²) in [5.74, 6) is 6.12. The molecular formula is C69H92N12O50P6. The number of H-pyrrole nitrogens is 6. The summed E-state index contributed by atoms with van der Waals surface area (Å²) in [4.78, 5) is 232. The van der Waals surface area contributed by atoms with E-state index >= 15 is 0 Å². The van der Waals surface area contributed by atoms with E-state index in [0.717, 1.165) is 132 Å². The first-order chi connectivity index (χ1) is 64.7. The van der Waals surface area contributed by atoms with Gasteiger partial charge in [0, 0.05) is 108 Å². The Hall–Kier alpha value is -8.26. The molecule has 62 nitrogen and oxygen atoms in total. The highest BCUT2D eigenvalue weighted by atomic mass is 31.2. The maximum atomic E-state index is 14.6. The fourth-order valence-corrected chi connectivity index (χ4v) is 20.9. The smallest absolute Gasteiger partial charge is 0.387 e. The zero-order chi connectivity index (χ0) is 99.1. The van der Waals surface area contributed by atoms with Gasteiger partial charge in [-0.15, -0.1) is 5.92 Å². The molecule has 137 heavy (non-hydrogen) atoms. The lowest BCUT2D eigenvalue weighted by Gasteiger charge is -2.28. The normalized spacial score (nSPS) is 32.2. The lowest BCUT2D eigenvalue weighted by Crippen LogP contribution is -2.40. The first-order valence-electron chi connectivity index (χ1n) is 40.9. The van der Waals surface area contributed by atoms with Crippen molar-refractivity contribution in [2.45, 2.75) is 198 Å². The summed E-state index contributed by atoms with van der Waals surface area (Å²) in [5, 5.41) is 45.5. The molecular weight excluding hydrogens is 1980 g/mol. The molecule has 0 saturated carbocycles. The minimum Gasteiger partial charge on any atom is -0.387 e. The third kappa shape index (κ3) is 26.4. The minimum absolute atomic E-state index is 0.177. The molecule has 16 N–H and O–H groups in total. The second-order valence-corrected chi connectivity index (χ2v) is 39.3. The van der Waals surface area contributed by atoms with Crippen LogP contribution in [-0.2, 0) is 129 Å². The van der Waals surface area contributed by atoms with Gasteiger partial charge in [0.1, 0.15) is 116 Å². The molecule has 6 fully saturated rings. The van der Waals surface area contributed by atoms with Crippen LogP contribution in [0.25, 0.3) is 0 Å². The number of aromatic amines is 6. The molecule has 7 aliphatic rings. The van der Waals surface area contributed by atoms with Crippen molar-refractivity contribution in [1.82, 2.24) is 57.3 Å². The predicted molar refractivity (Wildman–Crippen MR) is 443 cm³/mol. The minimum atomic E-state index is -6.05. The zero-order valence-electron chi connectivity index (χ0n) is 71.1. The Morgan fingerprint density at radius 3 is 0.898 bits per heavy atom. The standard InChI is InChI=1S/C69H92N12O50P6/c1-110-55-52(37(124-61(55)79-22-16-43(85)73-67(79)95)30-115-132(98,99)114-26-10-9-25-113-33-11-7-5-4-6-8-12-33)130-136(106,107)117-28-35-50(48(90)59(122-35)77-20-14-41(83)71-65(77)93)128-134(102,103)120-32-39-54(57(112-3)63(126-39)81-24-18-45(87)75-69(81)97)131-137(108,109)118-29-36-51(49(91)60(123-36)78-21-15-42(84)72-66(78)94)127-133(100,101)119-31-38-53(56(111-2)62(125-38)80-23-17-44(86)74-68(80)96)129-135(104,105)116-27-34-46(88)47(89)58(121-34)76-19-13-40(82)70-64(76)92/h13-24,33-39,46-63,88-91H,4-7,9-11,25-32H2,1-3H3,(H,98,99)(H,100,101)(H,102,103)(H,104,105)(H,106,107)(H,108,109)(H,70,82,92)(H,71,83,93)(H,72,84,94)(H,73,85,95)(H,74,86,96)(H,75,87,97)/t33?,34-,35-,36-,37-,38-,39-,46-,47-,48-,49-,50-,51-,52-,53-,54-,55-,56-,57-,58-,59-,60-,61-,62-,63-/m1/s1. The molecule has 0 radical (unpaired) electrons. The second-order valence-electron chi connectivity index (χ2n) is 30.8. The average Bonchev–Trinajstić information content (AvgIpc) is 1.64. The molecule has 7 unspecified atom stereocenters. The quantitative estimate of drug-likeness (QED) is 0.00962. The number of rotatable bonds is 44. The monoisotopic (exact) mass is 2070 g/mol. The average molecular weight is 2080 g/mol. The SMILES string of the molecule is CO[C@@H]1[C@H](OP(=O)(O)OC[C@H]2O[C@@H](n3ccc(=O)[nH]c3=O)[C@H](O)[C@@H]2OP(=O)(O)OC[C@H]2O[C@@H](n3ccc(=O)[nH]c3=O)[C@H](OC)[C@@H]2OP(=O)(O)OC[C@H]2O[C@@H](n3ccc(=O)[nH]c3=O)[C@H](O)[C@@H]2OP(=O)(O)OC[C@H]2O[C@@H](n3ccc(=O)[nH]c3=O)[C@H](OC)[C@@H]2OP(=O)(O)OC[C@H]2O[C@@H](n3ccc(=O)[nH]c3=O)[C@H](O)[C@@H]2O)[C@@H](COP(=O)(O)OCCCCOC2C#CCCCCC2)O[C@H]1n1ccc(=O)[nH]c1=O. The molecule has 13 rings (SSSR count). The Morgan fingerprint density at radius 2 is 0.584 bits per heavy atom. The highest BCUT2D eigenvalue weighted by molar-refractivity contribution is 7.48. The summed E-state index contributed by atoms with van der Waals surface area (Å²) in [6, 6.07) is 4.80. The third-order valence-electron chi connectivity index (χ3n) is 21.7. The van der Waals surface area contributed by atoms with Crippen molar-refractivity contribution in [3.8, 4) is 11.8 Å². The summed E-state index contributed by atoms with van der Waals surface area (Å²) in [6.07, 6.45) is -39.9. The van der Waals surface area contributed by atoms with Crippen molar-refractivity contribution < 1.29 is 179 Å². The number of aromatic nitrogens is 12. The van der Waals surface area contributed by atoms with Gasteiger partial charge in [-0.1, -0.05) is 12.3 Å². The number of aliphatic hydroxyl groups excluding tert-OH is 4. The summed E-state index contributed by atoms with van der Waals surface area (Å²) in [6.45, 7) is -8.12. The number of nitrogens with one attached hydrogen (secondary N) is 6. The number of phosphoric acid groups is 6. The molecule has 6 aromatic heterocycles. The van der Waals surface area contributed by atoms with E-state index < -0.39 is 301 Å². The number of ether oxygens (including phenoxy) is 10. The molecule has 0 aromatic carbocycles. The Morgan fingerprint density at radius 1 is 0.321 bits per heavy atom. The van der Waals surface area contributed by atoms with Crippen molar-refractivity contribution in [2.24, 2.45) is 0 Å². The Kier molecular flexibility index (Phi) is 34.8. The maximum Gasteiger partial charge on any atom is 0.472 e. The Bertz CT molecular complexity index is 6420. The lowest BCUT2D eigenvalue weighted by molar-refractivity contribution is -0.0680. The van der Waals surface area contributed by atoms with Crippen LogP contribution in [0.5, 0.6) is 0 Å². The highest BCUT2D eigenvalue weighted by Crippen LogP contribution is 2.57. The van der Waals surface area contributed by atoms with E-state index in [9.17, 15) is 135 Å².